The highest BCUT2D eigenvalue weighted by Gasteiger charge is 2.12. The van der Waals surface area contributed by atoms with Crippen LogP contribution in [-0.2, 0) is 6.42 Å². The van der Waals surface area contributed by atoms with Gasteiger partial charge in [0.05, 0.1) is 23.0 Å². The molecule has 1 unspecified atom stereocenters. The molecule has 2 rings (SSSR count). The van der Waals surface area contributed by atoms with Crippen LogP contribution in [0, 0.1) is 13.8 Å². The van der Waals surface area contributed by atoms with Gasteiger partial charge in [0, 0.05) is 23.1 Å². The van der Waals surface area contributed by atoms with Gasteiger partial charge in [-0.3, -0.25) is 0 Å². The highest BCUT2D eigenvalue weighted by molar-refractivity contribution is 7.11. The van der Waals surface area contributed by atoms with Crippen molar-refractivity contribution < 1.29 is 5.11 Å². The van der Waals surface area contributed by atoms with E-state index in [9.17, 15) is 5.11 Å². The highest BCUT2D eigenvalue weighted by Crippen LogP contribution is 2.22. The van der Waals surface area contributed by atoms with Crippen LogP contribution in [0.1, 0.15) is 27.2 Å². The van der Waals surface area contributed by atoms with Crippen molar-refractivity contribution >= 4 is 11.3 Å². The predicted molar refractivity (Wildman–Crippen MR) is 62.3 cm³/mol. The molecule has 2 aromatic rings. The Kier molecular flexibility index (Phi) is 3.26. The monoisotopic (exact) mass is 235 g/mol. The van der Waals surface area contributed by atoms with Crippen molar-refractivity contribution in [3.8, 4) is 0 Å². The first kappa shape index (κ1) is 11.2. The number of aromatic nitrogens is 3. The van der Waals surface area contributed by atoms with Gasteiger partial charge in [0.2, 0.25) is 0 Å². The van der Waals surface area contributed by atoms with Crippen LogP contribution in [0.25, 0.3) is 0 Å². The number of nitrogens with zero attached hydrogens (tertiary/aromatic N) is 3. The second-order valence-corrected chi connectivity index (χ2v) is 4.93. The zero-order valence-corrected chi connectivity index (χ0v) is 10.0. The molecule has 0 amide bonds. The molecule has 0 spiro atoms. The third kappa shape index (κ3) is 2.43. The average Bonchev–Trinajstić information content (AvgIpc) is 2.59. The van der Waals surface area contributed by atoms with Gasteiger partial charge in [0.1, 0.15) is 0 Å². The summed E-state index contributed by atoms with van der Waals surface area (Å²) in [6, 6.07) is 1.77. The second-order valence-electron chi connectivity index (χ2n) is 3.64. The molecular weight excluding hydrogens is 222 g/mol. The van der Waals surface area contributed by atoms with Crippen LogP contribution in [0.15, 0.2) is 18.5 Å². The molecule has 84 valence electrons. The van der Waals surface area contributed by atoms with Crippen LogP contribution in [0.3, 0.4) is 0 Å². The molecule has 0 aliphatic carbocycles. The van der Waals surface area contributed by atoms with E-state index in [-0.39, 0.29) is 0 Å². The van der Waals surface area contributed by atoms with Crippen LogP contribution in [0.4, 0.5) is 0 Å². The predicted octanol–water partition coefficient (Wildman–Crippen LogP) is 1.83. The Labute approximate surface area is 98.0 Å². The Bertz CT molecular complexity index is 450. The lowest BCUT2D eigenvalue weighted by atomic mass is 10.1. The van der Waals surface area contributed by atoms with Crippen molar-refractivity contribution in [3.63, 3.8) is 0 Å². The maximum atomic E-state index is 9.97. The van der Waals surface area contributed by atoms with E-state index in [1.54, 1.807) is 29.8 Å². The van der Waals surface area contributed by atoms with E-state index >= 15 is 0 Å². The normalized spacial score (nSPS) is 12.7. The second kappa shape index (κ2) is 4.67. The number of aliphatic hydroxyl groups is 1. The minimum atomic E-state index is -0.555. The number of hydrogen-bond acceptors (Lipinski definition) is 5. The fourth-order valence-corrected chi connectivity index (χ4v) is 2.38. The van der Waals surface area contributed by atoms with E-state index < -0.39 is 6.10 Å². The van der Waals surface area contributed by atoms with Gasteiger partial charge in [-0.1, -0.05) is 0 Å². The quantitative estimate of drug-likeness (QED) is 0.881. The van der Waals surface area contributed by atoms with E-state index in [1.165, 1.54) is 4.88 Å². The largest absolute Gasteiger partial charge is 0.388 e. The molecule has 0 saturated carbocycles. The third-order valence-electron chi connectivity index (χ3n) is 2.43. The fourth-order valence-electron chi connectivity index (χ4n) is 1.41. The molecule has 0 saturated heterocycles. The first-order valence-corrected chi connectivity index (χ1v) is 5.86. The summed E-state index contributed by atoms with van der Waals surface area (Å²) >= 11 is 1.63. The molecule has 0 radical (unpaired) electrons. The van der Waals surface area contributed by atoms with Crippen LogP contribution < -0.4 is 0 Å². The van der Waals surface area contributed by atoms with Gasteiger partial charge in [0.25, 0.3) is 0 Å². The molecule has 1 N–H and O–H groups in total. The van der Waals surface area contributed by atoms with Gasteiger partial charge in [-0.2, -0.15) is 10.2 Å². The number of aliphatic hydroxyl groups excluding tert-OH is 1. The summed E-state index contributed by atoms with van der Waals surface area (Å²) in [5.74, 6) is 0. The van der Waals surface area contributed by atoms with Crippen LogP contribution in [-0.4, -0.2) is 20.3 Å². The molecular formula is C11H13N3OS. The Hall–Kier alpha value is -1.33. The van der Waals surface area contributed by atoms with Crippen molar-refractivity contribution in [2.45, 2.75) is 26.4 Å². The molecule has 0 aliphatic rings. The number of aryl methyl sites for hydroxylation is 2. The molecule has 2 heterocycles. The minimum absolute atomic E-state index is 0.533. The van der Waals surface area contributed by atoms with Gasteiger partial charge >= 0.3 is 0 Å². The van der Waals surface area contributed by atoms with Gasteiger partial charge in [0.15, 0.2) is 0 Å². The SMILES string of the molecule is Cc1nc(CC(O)c2ccnnc2)sc1C. The Morgan fingerprint density at radius 3 is 2.75 bits per heavy atom. The first-order chi connectivity index (χ1) is 7.66. The molecule has 16 heavy (non-hydrogen) atoms. The summed E-state index contributed by atoms with van der Waals surface area (Å²) in [6.45, 7) is 4.02. The summed E-state index contributed by atoms with van der Waals surface area (Å²) in [4.78, 5) is 5.60. The fraction of sp³-hybridized carbons (Fsp3) is 0.364. The van der Waals surface area contributed by atoms with Crippen LogP contribution in [0.5, 0.6) is 0 Å². The van der Waals surface area contributed by atoms with Gasteiger partial charge < -0.3 is 5.11 Å². The third-order valence-corrected chi connectivity index (χ3v) is 3.53. The summed E-state index contributed by atoms with van der Waals surface area (Å²) in [5, 5.41) is 18.4. The first-order valence-electron chi connectivity index (χ1n) is 5.04. The zero-order chi connectivity index (χ0) is 11.5. The number of rotatable bonds is 3. The van der Waals surface area contributed by atoms with Crippen LogP contribution in [0.2, 0.25) is 0 Å². The van der Waals surface area contributed by atoms with Crippen LogP contribution >= 0.6 is 11.3 Å². The maximum absolute atomic E-state index is 9.97. The van der Waals surface area contributed by atoms with Crippen molar-refractivity contribution in [1.82, 2.24) is 15.2 Å². The topological polar surface area (TPSA) is 58.9 Å². The summed E-state index contributed by atoms with van der Waals surface area (Å²) in [5.41, 5.74) is 1.82. The maximum Gasteiger partial charge on any atom is 0.0960 e. The average molecular weight is 235 g/mol. The lowest BCUT2D eigenvalue weighted by Crippen LogP contribution is -2.02. The van der Waals surface area contributed by atoms with Crippen molar-refractivity contribution in [2.75, 3.05) is 0 Å². The molecule has 0 aliphatic heterocycles. The van der Waals surface area contributed by atoms with Crippen molar-refractivity contribution in [3.05, 3.63) is 39.6 Å². The Balaban J connectivity index is 2.11. The van der Waals surface area contributed by atoms with Gasteiger partial charge in [-0.05, 0) is 19.9 Å². The van der Waals surface area contributed by atoms with Crippen molar-refractivity contribution in [2.24, 2.45) is 0 Å². The number of hydrogen-bond donors (Lipinski definition) is 1. The molecule has 1 atom stereocenters. The van der Waals surface area contributed by atoms with E-state index in [1.807, 2.05) is 13.8 Å². The van der Waals surface area contributed by atoms with E-state index in [0.29, 0.717) is 6.42 Å². The molecule has 0 bridgehead atoms. The van der Waals surface area contributed by atoms with E-state index in [2.05, 4.69) is 15.2 Å². The van der Waals surface area contributed by atoms with E-state index in [0.717, 1.165) is 16.3 Å². The van der Waals surface area contributed by atoms with Gasteiger partial charge in [-0.25, -0.2) is 4.98 Å². The smallest absolute Gasteiger partial charge is 0.0960 e. The lowest BCUT2D eigenvalue weighted by Gasteiger charge is -2.07. The summed E-state index contributed by atoms with van der Waals surface area (Å²) < 4.78 is 0. The molecule has 4 nitrogen and oxygen atoms in total. The minimum Gasteiger partial charge on any atom is -0.388 e. The van der Waals surface area contributed by atoms with Crippen molar-refractivity contribution in [1.29, 1.82) is 0 Å². The summed E-state index contributed by atoms with van der Waals surface area (Å²) in [7, 11) is 0. The molecule has 2 aromatic heterocycles. The van der Waals surface area contributed by atoms with Gasteiger partial charge in [-0.15, -0.1) is 11.3 Å². The Morgan fingerprint density at radius 2 is 2.19 bits per heavy atom. The molecule has 0 fully saturated rings. The molecule has 5 heteroatoms. The van der Waals surface area contributed by atoms with E-state index in [4.69, 9.17) is 0 Å². The Morgan fingerprint density at radius 1 is 1.38 bits per heavy atom. The standard InChI is InChI=1S/C11H13N3OS/c1-7-8(2)16-11(14-7)5-10(15)9-3-4-12-13-6-9/h3-4,6,10,15H,5H2,1-2H3. The number of thiazole rings is 1. The summed E-state index contributed by atoms with van der Waals surface area (Å²) in [6.07, 6.45) is 3.14. The zero-order valence-electron chi connectivity index (χ0n) is 9.21. The highest BCUT2D eigenvalue weighted by atomic mass is 32.1. The molecule has 0 aromatic carbocycles. The lowest BCUT2D eigenvalue weighted by molar-refractivity contribution is 0.177.